The number of alkyl halides is 3. The fourth-order valence-electron chi connectivity index (χ4n) is 1.14. The molecule has 1 atom stereocenters. The zero-order valence-corrected chi connectivity index (χ0v) is 9.38. The summed E-state index contributed by atoms with van der Waals surface area (Å²) in [7, 11) is 0. The topological polar surface area (TPSA) is 49.3 Å². The lowest BCUT2D eigenvalue weighted by Gasteiger charge is -2.15. The van der Waals surface area contributed by atoms with Crippen molar-refractivity contribution in [1.82, 2.24) is 5.32 Å². The van der Waals surface area contributed by atoms with E-state index in [0.717, 1.165) is 6.07 Å². The Morgan fingerprint density at radius 1 is 1.44 bits per heavy atom. The van der Waals surface area contributed by atoms with E-state index in [9.17, 15) is 22.4 Å². The van der Waals surface area contributed by atoms with Crippen molar-refractivity contribution in [1.29, 1.82) is 0 Å². The van der Waals surface area contributed by atoms with Gasteiger partial charge >= 0.3 is 6.18 Å². The molecule has 3 nitrogen and oxygen atoms in total. The molecule has 1 amide bonds. The molecule has 0 aliphatic rings. The molecule has 0 aliphatic heterocycles. The Kier molecular flexibility index (Phi) is 4.28. The SMILES string of the molecule is Cc1ccc(C(=O)NCC(O)C(F)(F)F)cc1F. The Morgan fingerprint density at radius 2 is 2.06 bits per heavy atom. The van der Waals surface area contributed by atoms with Gasteiger partial charge in [-0.2, -0.15) is 13.2 Å². The number of carbonyl (C=O) groups excluding carboxylic acids is 1. The van der Waals surface area contributed by atoms with Gasteiger partial charge in [0.2, 0.25) is 0 Å². The third-order valence-electron chi connectivity index (χ3n) is 2.27. The molecule has 2 N–H and O–H groups in total. The molecular formula is C11H11F4NO2. The van der Waals surface area contributed by atoms with Gasteiger partial charge in [-0.1, -0.05) is 6.07 Å². The molecule has 0 saturated heterocycles. The lowest BCUT2D eigenvalue weighted by Crippen LogP contribution is -2.40. The lowest BCUT2D eigenvalue weighted by molar-refractivity contribution is -0.201. The van der Waals surface area contributed by atoms with Gasteiger partial charge in [0.1, 0.15) is 5.82 Å². The van der Waals surface area contributed by atoms with Crippen LogP contribution in [0, 0.1) is 12.7 Å². The summed E-state index contributed by atoms with van der Waals surface area (Å²) in [5, 5.41) is 10.5. The Morgan fingerprint density at radius 3 is 2.56 bits per heavy atom. The minimum atomic E-state index is -4.80. The summed E-state index contributed by atoms with van der Waals surface area (Å²) >= 11 is 0. The van der Waals surface area contributed by atoms with Crippen LogP contribution in [-0.4, -0.2) is 29.8 Å². The van der Waals surface area contributed by atoms with E-state index in [0.29, 0.717) is 5.56 Å². The van der Waals surface area contributed by atoms with Crippen molar-refractivity contribution in [3.63, 3.8) is 0 Å². The second kappa shape index (κ2) is 5.34. The van der Waals surface area contributed by atoms with Gasteiger partial charge in [-0.3, -0.25) is 4.79 Å². The minimum absolute atomic E-state index is 0.104. The van der Waals surface area contributed by atoms with Crippen molar-refractivity contribution in [3.8, 4) is 0 Å². The van der Waals surface area contributed by atoms with Crippen LogP contribution in [0.25, 0.3) is 0 Å². The smallest absolute Gasteiger partial charge is 0.382 e. The molecule has 1 aromatic rings. The molecule has 100 valence electrons. The molecule has 0 aliphatic carbocycles. The number of halogens is 4. The Hall–Kier alpha value is -1.63. The predicted octanol–water partition coefficient (Wildman–Crippen LogP) is 1.79. The molecule has 0 bridgehead atoms. The summed E-state index contributed by atoms with van der Waals surface area (Å²) in [5.74, 6) is -1.50. The number of carbonyl (C=O) groups is 1. The summed E-state index contributed by atoms with van der Waals surface area (Å²) in [4.78, 5) is 11.4. The molecule has 1 unspecified atom stereocenters. The molecule has 0 heterocycles. The Bertz CT molecular complexity index is 445. The van der Waals surface area contributed by atoms with Crippen LogP contribution < -0.4 is 5.32 Å². The van der Waals surface area contributed by atoms with Crippen LogP contribution in [0.5, 0.6) is 0 Å². The van der Waals surface area contributed by atoms with Crippen molar-refractivity contribution in [2.75, 3.05) is 6.54 Å². The van der Waals surface area contributed by atoms with Gasteiger partial charge in [-0.05, 0) is 24.6 Å². The molecule has 0 spiro atoms. The molecule has 1 aromatic carbocycles. The largest absolute Gasteiger partial charge is 0.416 e. The van der Waals surface area contributed by atoms with Gasteiger partial charge in [0.25, 0.3) is 5.91 Å². The normalized spacial score (nSPS) is 13.2. The fraction of sp³-hybridized carbons (Fsp3) is 0.364. The number of hydrogen-bond donors (Lipinski definition) is 2. The maximum atomic E-state index is 13.1. The van der Waals surface area contributed by atoms with Gasteiger partial charge in [0.15, 0.2) is 6.10 Å². The molecule has 0 saturated carbocycles. The average Bonchev–Trinajstić information content (AvgIpc) is 2.27. The van der Waals surface area contributed by atoms with Gasteiger partial charge in [0.05, 0.1) is 6.54 Å². The summed E-state index contributed by atoms with van der Waals surface area (Å²) in [5.41, 5.74) is 0.217. The highest BCUT2D eigenvalue weighted by Crippen LogP contribution is 2.19. The monoisotopic (exact) mass is 265 g/mol. The maximum absolute atomic E-state index is 13.1. The number of nitrogens with one attached hydrogen (secondary N) is 1. The van der Waals surface area contributed by atoms with E-state index >= 15 is 0 Å². The first-order chi connectivity index (χ1) is 8.21. The molecule has 0 fully saturated rings. The third-order valence-corrected chi connectivity index (χ3v) is 2.27. The zero-order chi connectivity index (χ0) is 13.9. The van der Waals surface area contributed by atoms with Crippen LogP contribution in [0.1, 0.15) is 15.9 Å². The number of amides is 1. The Labute approximate surface area is 100 Å². The molecular weight excluding hydrogens is 254 g/mol. The highest BCUT2D eigenvalue weighted by Gasteiger charge is 2.38. The predicted molar refractivity (Wildman–Crippen MR) is 55.5 cm³/mol. The van der Waals surface area contributed by atoms with E-state index in [1.54, 1.807) is 0 Å². The van der Waals surface area contributed by atoms with Crippen LogP contribution in [0.2, 0.25) is 0 Å². The number of hydrogen-bond acceptors (Lipinski definition) is 2. The van der Waals surface area contributed by atoms with E-state index < -0.39 is 30.5 Å². The average molecular weight is 265 g/mol. The van der Waals surface area contributed by atoms with Crippen molar-refractivity contribution < 1.29 is 27.5 Å². The second-order valence-electron chi connectivity index (χ2n) is 3.73. The van der Waals surface area contributed by atoms with Crippen molar-refractivity contribution in [2.24, 2.45) is 0 Å². The van der Waals surface area contributed by atoms with E-state index in [2.05, 4.69) is 0 Å². The molecule has 18 heavy (non-hydrogen) atoms. The van der Waals surface area contributed by atoms with Gasteiger partial charge in [-0.25, -0.2) is 4.39 Å². The highest BCUT2D eigenvalue weighted by atomic mass is 19.4. The van der Waals surface area contributed by atoms with Crippen molar-refractivity contribution in [3.05, 3.63) is 35.1 Å². The number of benzene rings is 1. The number of aliphatic hydroxyl groups is 1. The van der Waals surface area contributed by atoms with Crippen LogP contribution in [0.15, 0.2) is 18.2 Å². The van der Waals surface area contributed by atoms with Crippen molar-refractivity contribution >= 4 is 5.91 Å². The Balaban J connectivity index is 2.63. The number of rotatable bonds is 3. The summed E-state index contributed by atoms with van der Waals surface area (Å²) in [6.07, 6.45) is -7.44. The highest BCUT2D eigenvalue weighted by molar-refractivity contribution is 5.94. The van der Waals surface area contributed by atoms with Crippen LogP contribution in [0.3, 0.4) is 0 Å². The summed E-state index contributed by atoms with van der Waals surface area (Å²) < 4.78 is 49.0. The van der Waals surface area contributed by atoms with Crippen LogP contribution in [-0.2, 0) is 0 Å². The van der Waals surface area contributed by atoms with E-state index in [-0.39, 0.29) is 5.56 Å². The first-order valence-corrected chi connectivity index (χ1v) is 5.01. The van der Waals surface area contributed by atoms with E-state index in [1.807, 2.05) is 5.32 Å². The van der Waals surface area contributed by atoms with Gasteiger partial charge in [0, 0.05) is 5.56 Å². The zero-order valence-electron chi connectivity index (χ0n) is 9.38. The molecule has 1 rings (SSSR count). The summed E-state index contributed by atoms with van der Waals surface area (Å²) in [6, 6.07) is 3.54. The van der Waals surface area contributed by atoms with Crippen LogP contribution in [0.4, 0.5) is 17.6 Å². The first-order valence-electron chi connectivity index (χ1n) is 5.01. The molecule has 0 aromatic heterocycles. The number of aliphatic hydroxyl groups excluding tert-OH is 1. The van der Waals surface area contributed by atoms with Gasteiger partial charge < -0.3 is 10.4 Å². The van der Waals surface area contributed by atoms with Crippen molar-refractivity contribution in [2.45, 2.75) is 19.2 Å². The third kappa shape index (κ3) is 3.69. The van der Waals surface area contributed by atoms with Gasteiger partial charge in [-0.15, -0.1) is 0 Å². The summed E-state index contributed by atoms with van der Waals surface area (Å²) in [6.45, 7) is 0.516. The maximum Gasteiger partial charge on any atom is 0.416 e. The minimum Gasteiger partial charge on any atom is -0.382 e. The molecule has 7 heteroatoms. The van der Waals surface area contributed by atoms with E-state index in [4.69, 9.17) is 5.11 Å². The second-order valence-corrected chi connectivity index (χ2v) is 3.73. The molecule has 0 radical (unpaired) electrons. The standard InChI is InChI=1S/C11H11F4NO2/c1-6-2-3-7(4-8(6)12)10(18)16-5-9(17)11(13,14)15/h2-4,9,17H,5H2,1H3,(H,16,18). The van der Waals surface area contributed by atoms with E-state index in [1.165, 1.54) is 19.1 Å². The fourth-order valence-corrected chi connectivity index (χ4v) is 1.14. The van der Waals surface area contributed by atoms with Crippen LogP contribution >= 0.6 is 0 Å². The quantitative estimate of drug-likeness (QED) is 0.818. The first kappa shape index (κ1) is 14.4. The number of aryl methyl sites for hydroxylation is 1. The lowest BCUT2D eigenvalue weighted by atomic mass is 10.1.